The third-order valence-electron chi connectivity index (χ3n) is 4.95. The number of benzene rings is 2. The molecule has 0 amide bonds. The van der Waals surface area contributed by atoms with E-state index in [4.69, 9.17) is 15.6 Å². The van der Waals surface area contributed by atoms with E-state index in [1.54, 1.807) is 0 Å². The Hall–Kier alpha value is -3.55. The van der Waals surface area contributed by atoms with Gasteiger partial charge in [0, 0.05) is 31.7 Å². The number of nitrogens with zero attached hydrogens (tertiary/aromatic N) is 3. The smallest absolute Gasteiger partial charge is 0.315 e. The van der Waals surface area contributed by atoms with Crippen LogP contribution >= 0.6 is 0 Å². The summed E-state index contributed by atoms with van der Waals surface area (Å²) in [7, 11) is 0. The number of halogens is 3. The number of rotatable bonds is 7. The third-order valence-corrected chi connectivity index (χ3v) is 4.95. The van der Waals surface area contributed by atoms with Gasteiger partial charge in [0.05, 0.1) is 30.2 Å². The molecule has 0 unspecified atom stereocenters. The highest BCUT2D eigenvalue weighted by Gasteiger charge is 2.21. The van der Waals surface area contributed by atoms with Crippen molar-refractivity contribution < 1.29 is 22.3 Å². The molecular weight excluding hydrogens is 423 g/mol. The average molecular weight is 443 g/mol. The monoisotopic (exact) mass is 443 g/mol. The van der Waals surface area contributed by atoms with Crippen molar-refractivity contribution in [2.75, 3.05) is 50.0 Å². The van der Waals surface area contributed by atoms with E-state index in [-0.39, 0.29) is 28.8 Å². The minimum atomic E-state index is -1.21. The van der Waals surface area contributed by atoms with Crippen molar-refractivity contribution in [3.05, 3.63) is 53.3 Å². The van der Waals surface area contributed by atoms with Crippen LogP contribution in [0.2, 0.25) is 0 Å². The van der Waals surface area contributed by atoms with Crippen molar-refractivity contribution in [3.8, 4) is 23.8 Å². The number of terminal acetylenes is 1. The molecule has 1 aliphatic rings. The lowest BCUT2D eigenvalue weighted by Crippen LogP contribution is -2.39. The van der Waals surface area contributed by atoms with Crippen LogP contribution in [0.25, 0.3) is 11.5 Å². The zero-order valence-corrected chi connectivity index (χ0v) is 17.0. The van der Waals surface area contributed by atoms with Gasteiger partial charge in [0.2, 0.25) is 0 Å². The van der Waals surface area contributed by atoms with E-state index in [1.807, 2.05) is 0 Å². The van der Waals surface area contributed by atoms with Crippen LogP contribution in [0.5, 0.6) is 0 Å². The van der Waals surface area contributed by atoms with E-state index in [1.165, 1.54) is 18.2 Å². The molecule has 7 nitrogen and oxygen atoms in total. The number of hydrogen-bond donors (Lipinski definition) is 2. The fraction of sp³-hybridized carbons (Fsp3) is 0.273. The molecule has 10 heteroatoms. The first-order chi connectivity index (χ1) is 15.5. The second-order valence-corrected chi connectivity index (χ2v) is 7.04. The van der Waals surface area contributed by atoms with Crippen molar-refractivity contribution in [2.24, 2.45) is 0 Å². The summed E-state index contributed by atoms with van der Waals surface area (Å²) in [5.74, 6) is -0.782. The van der Waals surface area contributed by atoms with Gasteiger partial charge in [0.1, 0.15) is 5.82 Å². The number of ether oxygens (including phenoxy) is 1. The summed E-state index contributed by atoms with van der Waals surface area (Å²) in [4.78, 5) is 2.23. The molecule has 1 aromatic heterocycles. The lowest BCUT2D eigenvalue weighted by molar-refractivity contribution is 0.0398. The van der Waals surface area contributed by atoms with Gasteiger partial charge in [-0.15, -0.1) is 11.5 Å². The molecule has 166 valence electrons. The largest absolute Gasteiger partial charge is 0.403 e. The minimum Gasteiger partial charge on any atom is -0.403 e. The van der Waals surface area contributed by atoms with Crippen LogP contribution in [-0.4, -0.2) is 54.5 Å². The number of anilines is 3. The lowest BCUT2D eigenvalue weighted by Gasteiger charge is -2.26. The summed E-state index contributed by atoms with van der Waals surface area (Å²) < 4.78 is 53.8. The van der Waals surface area contributed by atoms with E-state index in [0.29, 0.717) is 25.3 Å². The molecule has 3 aromatic rings. The molecule has 2 N–H and O–H groups in total. The van der Waals surface area contributed by atoms with Crippen molar-refractivity contribution in [1.82, 2.24) is 15.1 Å². The van der Waals surface area contributed by atoms with Gasteiger partial charge in [-0.2, -0.15) is 0 Å². The number of hydrogen-bond acceptors (Lipinski definition) is 7. The molecular formula is C22H20F3N5O2. The van der Waals surface area contributed by atoms with Crippen LogP contribution in [0.3, 0.4) is 0 Å². The van der Waals surface area contributed by atoms with E-state index in [2.05, 4.69) is 31.7 Å². The van der Waals surface area contributed by atoms with Crippen molar-refractivity contribution in [3.63, 3.8) is 0 Å². The third kappa shape index (κ3) is 4.85. The zero-order chi connectivity index (χ0) is 22.5. The fourth-order valence-corrected chi connectivity index (χ4v) is 3.24. The van der Waals surface area contributed by atoms with Crippen LogP contribution in [0.15, 0.2) is 34.7 Å². The molecule has 0 spiro atoms. The molecule has 2 aromatic carbocycles. The second kappa shape index (κ2) is 9.72. The fourth-order valence-electron chi connectivity index (χ4n) is 3.24. The number of nitrogens with one attached hydrogen (secondary N) is 2. The van der Waals surface area contributed by atoms with E-state index in [9.17, 15) is 13.2 Å². The average Bonchev–Trinajstić information content (AvgIpc) is 3.27. The van der Waals surface area contributed by atoms with Gasteiger partial charge in [-0.1, -0.05) is 11.0 Å². The topological polar surface area (TPSA) is 75.5 Å². The van der Waals surface area contributed by atoms with Gasteiger partial charge in [-0.25, -0.2) is 13.2 Å². The molecule has 0 radical (unpaired) electrons. The quantitative estimate of drug-likeness (QED) is 0.540. The molecule has 0 bridgehead atoms. The summed E-state index contributed by atoms with van der Waals surface area (Å²) in [5.41, 5.74) is -0.0188. The highest BCUT2D eigenvalue weighted by atomic mass is 19.2. The Morgan fingerprint density at radius 1 is 1.06 bits per heavy atom. The van der Waals surface area contributed by atoms with Crippen LogP contribution in [-0.2, 0) is 4.74 Å². The van der Waals surface area contributed by atoms with E-state index < -0.39 is 17.5 Å². The van der Waals surface area contributed by atoms with E-state index >= 15 is 0 Å². The summed E-state index contributed by atoms with van der Waals surface area (Å²) in [6.45, 7) is 4.40. The number of aromatic nitrogens is 2. The predicted molar refractivity (Wildman–Crippen MR) is 113 cm³/mol. The van der Waals surface area contributed by atoms with Crippen molar-refractivity contribution in [2.45, 2.75) is 0 Å². The maximum absolute atomic E-state index is 14.6. The predicted octanol–water partition coefficient (Wildman–Crippen LogP) is 3.62. The standard InChI is InChI=1S/C22H20F3N5O2/c1-2-14-3-6-18(17(24)13-14)27-20-15(4-5-16(23)19(20)25)21-28-29-22(32-21)26-7-8-30-9-11-31-12-10-30/h1,3-6,13,27H,7-12H2,(H,26,29). The molecule has 0 atom stereocenters. The molecule has 4 rings (SSSR count). The normalized spacial score (nSPS) is 14.2. The van der Waals surface area contributed by atoms with Gasteiger partial charge >= 0.3 is 6.01 Å². The SMILES string of the molecule is C#Cc1ccc(Nc2c(-c3nnc(NCCN4CCOCC4)o3)ccc(F)c2F)c(F)c1. The summed E-state index contributed by atoms with van der Waals surface area (Å²) in [6, 6.07) is 6.27. The lowest BCUT2D eigenvalue weighted by atomic mass is 10.1. The molecule has 0 saturated carbocycles. The zero-order valence-electron chi connectivity index (χ0n) is 17.0. The minimum absolute atomic E-state index is 0.0547. The Labute approximate surface area is 182 Å². The first-order valence-electron chi connectivity index (χ1n) is 9.94. The molecule has 1 fully saturated rings. The van der Waals surface area contributed by atoms with Gasteiger partial charge in [0.25, 0.3) is 5.89 Å². The Morgan fingerprint density at radius 2 is 1.88 bits per heavy atom. The molecule has 0 aliphatic carbocycles. The molecule has 2 heterocycles. The number of morpholine rings is 1. The molecule has 32 heavy (non-hydrogen) atoms. The van der Waals surface area contributed by atoms with Crippen LogP contribution < -0.4 is 10.6 Å². The van der Waals surface area contributed by atoms with Crippen LogP contribution in [0, 0.1) is 29.8 Å². The van der Waals surface area contributed by atoms with Gasteiger partial charge in [-0.05, 0) is 30.3 Å². The van der Waals surface area contributed by atoms with Gasteiger partial charge < -0.3 is 19.8 Å². The first kappa shape index (κ1) is 21.7. The van der Waals surface area contributed by atoms with E-state index in [0.717, 1.165) is 31.8 Å². The molecule has 1 aliphatic heterocycles. The molecule has 1 saturated heterocycles. The maximum Gasteiger partial charge on any atom is 0.315 e. The Balaban J connectivity index is 1.52. The van der Waals surface area contributed by atoms with Crippen molar-refractivity contribution in [1.29, 1.82) is 0 Å². The maximum atomic E-state index is 14.6. The summed E-state index contributed by atoms with van der Waals surface area (Å²) in [5, 5.41) is 13.4. The van der Waals surface area contributed by atoms with Crippen molar-refractivity contribution >= 4 is 17.4 Å². The van der Waals surface area contributed by atoms with Crippen LogP contribution in [0.1, 0.15) is 5.56 Å². The van der Waals surface area contributed by atoms with Gasteiger partial charge in [0.15, 0.2) is 11.6 Å². The Bertz CT molecular complexity index is 1140. The Morgan fingerprint density at radius 3 is 2.62 bits per heavy atom. The summed E-state index contributed by atoms with van der Waals surface area (Å²) >= 11 is 0. The first-order valence-corrected chi connectivity index (χ1v) is 9.94. The van der Waals surface area contributed by atoms with Crippen LogP contribution in [0.4, 0.5) is 30.6 Å². The highest BCUT2D eigenvalue weighted by Crippen LogP contribution is 2.34. The second-order valence-electron chi connectivity index (χ2n) is 7.04. The highest BCUT2D eigenvalue weighted by molar-refractivity contribution is 5.78. The Kier molecular flexibility index (Phi) is 6.58. The van der Waals surface area contributed by atoms with Gasteiger partial charge in [-0.3, -0.25) is 4.90 Å². The summed E-state index contributed by atoms with van der Waals surface area (Å²) in [6.07, 6.45) is 5.26.